The standard InChI is InChI=1S/C23H28N6O2/c1-17-7-9-18(10-8-17)22-28-20(16-31-22)14-26-23(24-2)27-15-21(30)29(3)13-11-19-6-4-5-12-25-19/h4-10,12,16H,11,13-15H2,1-3H3,(H2,24,26,27). The number of carbonyl (C=O) groups excluding carboxylic acids is 1. The molecular formula is C23H28N6O2. The lowest BCUT2D eigenvalue weighted by Gasteiger charge is -2.18. The summed E-state index contributed by atoms with van der Waals surface area (Å²) in [4.78, 5) is 27.0. The Hall–Kier alpha value is -3.68. The van der Waals surface area contributed by atoms with E-state index in [1.54, 1.807) is 31.5 Å². The maximum atomic E-state index is 12.4. The van der Waals surface area contributed by atoms with Gasteiger partial charge in [0.25, 0.3) is 0 Å². The average Bonchev–Trinajstić information content (AvgIpc) is 3.27. The molecule has 0 unspecified atom stereocenters. The number of oxazole rings is 1. The van der Waals surface area contributed by atoms with Gasteiger partial charge in [-0.1, -0.05) is 23.8 Å². The molecule has 2 aromatic heterocycles. The predicted octanol–water partition coefficient (Wildman–Crippen LogP) is 2.41. The van der Waals surface area contributed by atoms with E-state index in [0.717, 1.165) is 17.0 Å². The van der Waals surface area contributed by atoms with Gasteiger partial charge in [-0.2, -0.15) is 0 Å². The molecule has 0 aliphatic rings. The molecule has 0 atom stereocenters. The van der Waals surface area contributed by atoms with Crippen LogP contribution < -0.4 is 10.6 Å². The number of amides is 1. The number of aromatic nitrogens is 2. The summed E-state index contributed by atoms with van der Waals surface area (Å²) in [7, 11) is 3.44. The molecule has 0 spiro atoms. The second kappa shape index (κ2) is 10.9. The highest BCUT2D eigenvalue weighted by Gasteiger charge is 2.11. The number of benzene rings is 1. The number of guanidine groups is 1. The zero-order chi connectivity index (χ0) is 22.1. The minimum absolute atomic E-state index is 0.0259. The van der Waals surface area contributed by atoms with E-state index in [9.17, 15) is 4.79 Å². The first-order valence-electron chi connectivity index (χ1n) is 10.1. The van der Waals surface area contributed by atoms with Crippen molar-refractivity contribution in [3.8, 4) is 11.5 Å². The Morgan fingerprint density at radius 2 is 1.94 bits per heavy atom. The average molecular weight is 421 g/mol. The molecule has 31 heavy (non-hydrogen) atoms. The van der Waals surface area contributed by atoms with Crippen LogP contribution in [0.25, 0.3) is 11.5 Å². The number of likely N-dealkylation sites (N-methyl/N-ethyl adjacent to an activating group) is 1. The summed E-state index contributed by atoms with van der Waals surface area (Å²) in [6.45, 7) is 3.21. The zero-order valence-corrected chi connectivity index (χ0v) is 18.1. The van der Waals surface area contributed by atoms with Crippen molar-refractivity contribution in [2.24, 2.45) is 4.99 Å². The van der Waals surface area contributed by atoms with Crippen molar-refractivity contribution in [1.29, 1.82) is 0 Å². The van der Waals surface area contributed by atoms with Crippen LogP contribution in [-0.4, -0.2) is 53.9 Å². The maximum absolute atomic E-state index is 12.4. The van der Waals surface area contributed by atoms with Gasteiger partial charge in [-0.05, 0) is 31.2 Å². The topological polar surface area (TPSA) is 95.7 Å². The number of pyridine rings is 1. The van der Waals surface area contributed by atoms with Gasteiger partial charge in [0.05, 0.1) is 18.8 Å². The molecule has 3 rings (SSSR count). The molecule has 162 valence electrons. The van der Waals surface area contributed by atoms with Crippen LogP contribution in [0.2, 0.25) is 0 Å². The van der Waals surface area contributed by atoms with E-state index in [4.69, 9.17) is 4.42 Å². The van der Waals surface area contributed by atoms with E-state index in [2.05, 4.69) is 25.6 Å². The SMILES string of the molecule is CN=C(NCC(=O)N(C)CCc1ccccn1)NCc1coc(-c2ccc(C)cc2)n1. The lowest BCUT2D eigenvalue weighted by Crippen LogP contribution is -2.43. The van der Waals surface area contributed by atoms with E-state index in [-0.39, 0.29) is 12.5 Å². The zero-order valence-electron chi connectivity index (χ0n) is 18.1. The van der Waals surface area contributed by atoms with Crippen molar-refractivity contribution in [3.63, 3.8) is 0 Å². The highest BCUT2D eigenvalue weighted by Crippen LogP contribution is 2.18. The van der Waals surface area contributed by atoms with E-state index in [1.165, 1.54) is 5.56 Å². The highest BCUT2D eigenvalue weighted by atomic mass is 16.3. The fourth-order valence-corrected chi connectivity index (χ4v) is 2.86. The Labute approximate surface area is 182 Å². The van der Waals surface area contributed by atoms with Crippen molar-refractivity contribution in [2.45, 2.75) is 19.9 Å². The minimum Gasteiger partial charge on any atom is -0.444 e. The quantitative estimate of drug-likeness (QED) is 0.429. The molecule has 1 amide bonds. The summed E-state index contributed by atoms with van der Waals surface area (Å²) in [6.07, 6.45) is 4.09. The van der Waals surface area contributed by atoms with Gasteiger partial charge in [0.2, 0.25) is 11.8 Å². The van der Waals surface area contributed by atoms with Crippen molar-refractivity contribution in [2.75, 3.05) is 27.2 Å². The van der Waals surface area contributed by atoms with Crippen molar-refractivity contribution in [3.05, 3.63) is 71.9 Å². The fourth-order valence-electron chi connectivity index (χ4n) is 2.86. The van der Waals surface area contributed by atoms with Crippen LogP contribution in [-0.2, 0) is 17.8 Å². The van der Waals surface area contributed by atoms with Crippen LogP contribution >= 0.6 is 0 Å². The second-order valence-electron chi connectivity index (χ2n) is 7.18. The van der Waals surface area contributed by atoms with Crippen LogP contribution in [0.15, 0.2) is 64.3 Å². The third kappa shape index (κ3) is 6.67. The molecule has 0 saturated carbocycles. The normalized spacial score (nSPS) is 11.3. The van der Waals surface area contributed by atoms with E-state index < -0.39 is 0 Å². The Bertz CT molecular complexity index is 998. The fraction of sp³-hybridized carbons (Fsp3) is 0.304. The number of carbonyl (C=O) groups is 1. The lowest BCUT2D eigenvalue weighted by atomic mass is 10.1. The Morgan fingerprint density at radius 3 is 2.65 bits per heavy atom. The number of hydrogen-bond donors (Lipinski definition) is 2. The number of nitrogens with zero attached hydrogens (tertiary/aromatic N) is 4. The number of aliphatic imine (C=N–C) groups is 1. The molecule has 2 N–H and O–H groups in total. The number of hydrogen-bond acceptors (Lipinski definition) is 5. The van der Waals surface area contributed by atoms with E-state index >= 15 is 0 Å². The summed E-state index contributed by atoms with van der Waals surface area (Å²) in [5, 5.41) is 6.18. The summed E-state index contributed by atoms with van der Waals surface area (Å²) in [6, 6.07) is 13.8. The highest BCUT2D eigenvalue weighted by molar-refractivity contribution is 5.86. The van der Waals surface area contributed by atoms with Crippen molar-refractivity contribution < 1.29 is 9.21 Å². The second-order valence-corrected chi connectivity index (χ2v) is 7.18. The van der Waals surface area contributed by atoms with Gasteiger partial charge in [0.1, 0.15) is 6.26 Å². The van der Waals surface area contributed by atoms with Gasteiger partial charge < -0.3 is 20.0 Å². The van der Waals surface area contributed by atoms with Crippen molar-refractivity contribution in [1.82, 2.24) is 25.5 Å². The molecular weight excluding hydrogens is 392 g/mol. The van der Waals surface area contributed by atoms with Crippen LogP contribution in [0.4, 0.5) is 0 Å². The summed E-state index contributed by atoms with van der Waals surface area (Å²) >= 11 is 0. The molecule has 0 fully saturated rings. The van der Waals surface area contributed by atoms with Crippen LogP contribution in [0.5, 0.6) is 0 Å². The van der Waals surface area contributed by atoms with Crippen LogP contribution in [0.1, 0.15) is 17.0 Å². The molecule has 1 aromatic carbocycles. The lowest BCUT2D eigenvalue weighted by molar-refractivity contribution is -0.128. The molecule has 8 heteroatoms. The molecule has 3 aromatic rings. The van der Waals surface area contributed by atoms with Crippen molar-refractivity contribution >= 4 is 11.9 Å². The van der Waals surface area contributed by atoms with Crippen LogP contribution in [0.3, 0.4) is 0 Å². The predicted molar refractivity (Wildman–Crippen MR) is 120 cm³/mol. The summed E-state index contributed by atoms with van der Waals surface area (Å²) in [5.74, 6) is 1.07. The minimum atomic E-state index is -0.0259. The van der Waals surface area contributed by atoms with Gasteiger partial charge in [-0.3, -0.25) is 14.8 Å². The number of aryl methyl sites for hydroxylation is 1. The third-order valence-electron chi connectivity index (χ3n) is 4.77. The van der Waals surface area contributed by atoms with Gasteiger partial charge >= 0.3 is 0 Å². The summed E-state index contributed by atoms with van der Waals surface area (Å²) in [5.41, 5.74) is 3.82. The largest absolute Gasteiger partial charge is 0.444 e. The monoisotopic (exact) mass is 420 g/mol. The van der Waals surface area contributed by atoms with Gasteiger partial charge in [-0.15, -0.1) is 0 Å². The molecule has 2 heterocycles. The molecule has 0 saturated heterocycles. The Kier molecular flexibility index (Phi) is 7.75. The molecule has 0 aliphatic heterocycles. The smallest absolute Gasteiger partial charge is 0.241 e. The Morgan fingerprint density at radius 1 is 1.13 bits per heavy atom. The molecule has 0 bridgehead atoms. The molecule has 0 radical (unpaired) electrons. The first-order valence-corrected chi connectivity index (χ1v) is 10.1. The summed E-state index contributed by atoms with van der Waals surface area (Å²) < 4.78 is 5.57. The molecule has 0 aliphatic carbocycles. The first kappa shape index (κ1) is 22.0. The number of rotatable bonds is 8. The maximum Gasteiger partial charge on any atom is 0.241 e. The van der Waals surface area contributed by atoms with Gasteiger partial charge in [-0.25, -0.2) is 4.98 Å². The number of nitrogens with one attached hydrogen (secondary N) is 2. The first-order chi connectivity index (χ1) is 15.0. The van der Waals surface area contributed by atoms with Crippen LogP contribution in [0, 0.1) is 6.92 Å². The third-order valence-corrected chi connectivity index (χ3v) is 4.77. The van der Waals surface area contributed by atoms with Gasteiger partial charge in [0.15, 0.2) is 5.96 Å². The van der Waals surface area contributed by atoms with E-state index in [1.807, 2.05) is 49.4 Å². The Balaban J connectivity index is 1.43. The van der Waals surface area contributed by atoms with Gasteiger partial charge in [0, 0.05) is 44.5 Å². The van der Waals surface area contributed by atoms with E-state index in [0.29, 0.717) is 31.4 Å². The molecule has 8 nitrogen and oxygen atoms in total.